The van der Waals surface area contributed by atoms with Crippen molar-refractivity contribution in [1.29, 1.82) is 0 Å². The zero-order valence-corrected chi connectivity index (χ0v) is 20.9. The van der Waals surface area contributed by atoms with Gasteiger partial charge in [0.25, 0.3) is 0 Å². The monoisotopic (exact) mass is 492 g/mol. The molecule has 5 aliphatic carbocycles. The van der Waals surface area contributed by atoms with Crippen molar-refractivity contribution in [3.05, 3.63) is 23.8 Å². The molecule has 0 aromatic heterocycles. The fourth-order valence-corrected chi connectivity index (χ4v) is 8.48. The summed E-state index contributed by atoms with van der Waals surface area (Å²) in [7, 11) is 0. The molecular formula is C27H34ClFO5. The summed E-state index contributed by atoms with van der Waals surface area (Å²) in [5.41, 5.74) is -4.80. The van der Waals surface area contributed by atoms with Crippen molar-refractivity contribution in [3.8, 4) is 0 Å². The van der Waals surface area contributed by atoms with Gasteiger partial charge in [0.2, 0.25) is 0 Å². The van der Waals surface area contributed by atoms with Crippen LogP contribution in [0.3, 0.4) is 0 Å². The van der Waals surface area contributed by atoms with Crippen LogP contribution in [0.2, 0.25) is 0 Å². The Labute approximate surface area is 205 Å². The fraction of sp³-hybridized carbons (Fsp3) is 0.741. The van der Waals surface area contributed by atoms with Gasteiger partial charge in [-0.3, -0.25) is 14.4 Å². The number of ether oxygens (including phenoxy) is 1. The van der Waals surface area contributed by atoms with E-state index in [0.717, 1.165) is 12.8 Å². The molecular weight excluding hydrogens is 459 g/mol. The molecule has 186 valence electrons. The van der Waals surface area contributed by atoms with Crippen LogP contribution < -0.4 is 0 Å². The highest BCUT2D eigenvalue weighted by molar-refractivity contribution is 6.29. The van der Waals surface area contributed by atoms with Crippen LogP contribution in [-0.2, 0) is 19.1 Å². The lowest BCUT2D eigenvalue weighted by Gasteiger charge is -2.62. The molecule has 7 heteroatoms. The van der Waals surface area contributed by atoms with Gasteiger partial charge >= 0.3 is 5.97 Å². The molecule has 0 aromatic rings. The molecule has 0 heterocycles. The molecule has 0 unspecified atom stereocenters. The van der Waals surface area contributed by atoms with E-state index in [9.17, 15) is 19.5 Å². The summed E-state index contributed by atoms with van der Waals surface area (Å²) in [6.45, 7) is 5.54. The van der Waals surface area contributed by atoms with E-state index in [0.29, 0.717) is 30.8 Å². The first-order valence-electron chi connectivity index (χ1n) is 12.6. The van der Waals surface area contributed by atoms with Crippen LogP contribution in [0, 0.1) is 34.5 Å². The van der Waals surface area contributed by atoms with Gasteiger partial charge in [0, 0.05) is 29.1 Å². The highest BCUT2D eigenvalue weighted by Gasteiger charge is 2.77. The molecule has 1 N–H and O–H groups in total. The maximum atomic E-state index is 17.3. The lowest BCUT2D eigenvalue weighted by atomic mass is 9.44. The van der Waals surface area contributed by atoms with Crippen LogP contribution in [0.4, 0.5) is 4.39 Å². The number of Topliss-reactive ketones (excluding diaryl/α,β-unsaturated/α-hetero) is 1. The summed E-state index contributed by atoms with van der Waals surface area (Å²) in [5, 5.41) is 11.5. The molecule has 0 radical (unpaired) electrons. The summed E-state index contributed by atoms with van der Waals surface area (Å²) >= 11 is 6.08. The number of fused-ring (bicyclic) bond motifs is 5. The molecule has 0 aromatic carbocycles. The summed E-state index contributed by atoms with van der Waals surface area (Å²) in [6, 6.07) is 0. The fourth-order valence-electron chi connectivity index (χ4n) is 8.28. The van der Waals surface area contributed by atoms with Gasteiger partial charge in [0.15, 0.2) is 22.8 Å². The van der Waals surface area contributed by atoms with Gasteiger partial charge in [-0.1, -0.05) is 25.5 Å². The van der Waals surface area contributed by atoms with Crippen molar-refractivity contribution in [1.82, 2.24) is 0 Å². The van der Waals surface area contributed by atoms with Crippen LogP contribution in [0.1, 0.15) is 65.7 Å². The summed E-state index contributed by atoms with van der Waals surface area (Å²) in [4.78, 5) is 38.4. The second-order valence-corrected chi connectivity index (χ2v) is 12.1. The van der Waals surface area contributed by atoms with Crippen LogP contribution in [-0.4, -0.2) is 45.9 Å². The molecule has 4 fully saturated rings. The molecule has 0 aliphatic heterocycles. The van der Waals surface area contributed by atoms with E-state index >= 15 is 4.39 Å². The molecule has 34 heavy (non-hydrogen) atoms. The zero-order chi connectivity index (χ0) is 24.7. The minimum atomic E-state index is -1.99. The Balaban J connectivity index is 1.58. The molecule has 0 saturated heterocycles. The Morgan fingerprint density at radius 2 is 1.94 bits per heavy atom. The Morgan fingerprint density at radius 1 is 1.24 bits per heavy atom. The van der Waals surface area contributed by atoms with Gasteiger partial charge in [-0.25, -0.2) is 4.39 Å². The van der Waals surface area contributed by atoms with E-state index < -0.39 is 40.1 Å². The maximum Gasteiger partial charge on any atom is 0.307 e. The van der Waals surface area contributed by atoms with E-state index in [1.165, 1.54) is 12.2 Å². The topological polar surface area (TPSA) is 80.7 Å². The number of carbonyl (C=O) groups excluding carboxylic acids is 3. The quantitative estimate of drug-likeness (QED) is 0.451. The highest BCUT2D eigenvalue weighted by Crippen LogP contribution is 2.71. The molecule has 5 rings (SSSR count). The first kappa shape index (κ1) is 24.2. The third kappa shape index (κ3) is 2.97. The third-order valence-corrected chi connectivity index (χ3v) is 10.4. The maximum absolute atomic E-state index is 17.3. The Hall–Kier alpha value is -1.53. The number of rotatable bonds is 5. The van der Waals surface area contributed by atoms with Gasteiger partial charge in [0.05, 0.1) is 12.0 Å². The number of carbonyl (C=O) groups is 3. The number of alkyl halides is 2. The number of halogens is 2. The molecule has 5 aliphatic rings. The highest BCUT2D eigenvalue weighted by atomic mass is 35.5. The molecule has 5 nitrogen and oxygen atoms in total. The lowest BCUT2D eigenvalue weighted by molar-refractivity contribution is -0.227. The first-order valence-corrected chi connectivity index (χ1v) is 13.1. The van der Waals surface area contributed by atoms with E-state index in [1.54, 1.807) is 13.0 Å². The largest absolute Gasteiger partial charge is 0.450 e. The second kappa shape index (κ2) is 7.73. The smallest absolute Gasteiger partial charge is 0.307 e. The van der Waals surface area contributed by atoms with Crippen molar-refractivity contribution in [3.63, 3.8) is 0 Å². The number of aliphatic hydroxyl groups is 1. The summed E-state index contributed by atoms with van der Waals surface area (Å²) < 4.78 is 23.4. The van der Waals surface area contributed by atoms with Crippen LogP contribution >= 0.6 is 11.6 Å². The Bertz CT molecular complexity index is 1000. The minimum Gasteiger partial charge on any atom is -0.450 e. The molecule has 0 bridgehead atoms. The van der Waals surface area contributed by atoms with E-state index in [1.807, 2.05) is 13.8 Å². The third-order valence-electron chi connectivity index (χ3n) is 10.1. The predicted molar refractivity (Wildman–Crippen MR) is 125 cm³/mol. The van der Waals surface area contributed by atoms with Crippen molar-refractivity contribution in [2.45, 2.75) is 83.1 Å². The summed E-state index contributed by atoms with van der Waals surface area (Å²) in [6.07, 6.45) is 6.88. The molecule has 8 atom stereocenters. The van der Waals surface area contributed by atoms with Gasteiger partial charge in [-0.05, 0) is 69.4 Å². The molecule has 4 saturated carbocycles. The van der Waals surface area contributed by atoms with Gasteiger partial charge < -0.3 is 9.84 Å². The average molecular weight is 493 g/mol. The number of ketones is 2. The average Bonchev–Trinajstić information content (AvgIpc) is 3.56. The van der Waals surface area contributed by atoms with Gasteiger partial charge in [-0.2, -0.15) is 0 Å². The van der Waals surface area contributed by atoms with Crippen molar-refractivity contribution in [2.24, 2.45) is 34.5 Å². The number of allylic oxidation sites excluding steroid dienone is 4. The zero-order valence-electron chi connectivity index (χ0n) is 20.1. The normalized spacial score (nSPS) is 47.4. The van der Waals surface area contributed by atoms with E-state index in [4.69, 9.17) is 16.3 Å². The van der Waals surface area contributed by atoms with Gasteiger partial charge in [-0.15, -0.1) is 11.6 Å². The Morgan fingerprint density at radius 3 is 2.59 bits per heavy atom. The lowest BCUT2D eigenvalue weighted by Crippen LogP contribution is -2.70. The second-order valence-electron chi connectivity index (χ2n) is 11.8. The number of aliphatic hydroxyl groups excluding tert-OH is 1. The predicted octanol–water partition coefficient (Wildman–Crippen LogP) is 4.49. The van der Waals surface area contributed by atoms with Crippen molar-refractivity contribution >= 4 is 29.1 Å². The van der Waals surface area contributed by atoms with E-state index in [-0.39, 0.29) is 42.1 Å². The van der Waals surface area contributed by atoms with Gasteiger partial charge in [0.1, 0.15) is 0 Å². The van der Waals surface area contributed by atoms with Crippen LogP contribution in [0.25, 0.3) is 0 Å². The molecule has 0 amide bonds. The standard InChI is InChI=1S/C27H34ClFO5/c1-15-10-20-19-7-6-17-12-18(30)8-9-24(17,2)26(19,29)21(31)13-25(20,3)27(15,22(32)14-28)34-23(33)11-16-4-5-16/h8-9,12,15-16,19-21,31H,4-7,10-11,13-14H2,1-3H3/t15-,19-,20-,21-,24-,25-,26-,27-/m0/s1. The van der Waals surface area contributed by atoms with Crippen molar-refractivity contribution in [2.75, 3.05) is 5.88 Å². The van der Waals surface area contributed by atoms with Crippen molar-refractivity contribution < 1.29 is 28.6 Å². The number of esters is 1. The number of hydrogen-bond donors (Lipinski definition) is 1. The minimum absolute atomic E-state index is 0.0149. The SMILES string of the molecule is C[C@H]1C[C@H]2[C@@H]3CCC4=CC(=O)C=C[C@]4(C)[C@@]3(F)[C@@H](O)C[C@]2(C)[C@@]1(OC(=O)CC1CC1)C(=O)CCl. The first-order chi connectivity index (χ1) is 15.9. The number of hydrogen-bond acceptors (Lipinski definition) is 5. The Kier molecular flexibility index (Phi) is 5.50. The summed E-state index contributed by atoms with van der Waals surface area (Å²) in [5.74, 6) is -2.10. The van der Waals surface area contributed by atoms with Crippen LogP contribution in [0.15, 0.2) is 23.8 Å². The molecule has 0 spiro atoms. The van der Waals surface area contributed by atoms with E-state index in [2.05, 4.69) is 0 Å². The van der Waals surface area contributed by atoms with Crippen LogP contribution in [0.5, 0.6) is 0 Å².